The fourth-order valence-corrected chi connectivity index (χ4v) is 2.49. The average Bonchev–Trinajstić information content (AvgIpc) is 2.57. The Morgan fingerprint density at radius 2 is 1.79 bits per heavy atom. The Balaban J connectivity index is 2.78. The van der Waals surface area contributed by atoms with Crippen LogP contribution in [0, 0.1) is 0 Å². The fraction of sp³-hybridized carbons (Fsp3) is 0.556. The van der Waals surface area contributed by atoms with E-state index in [-0.39, 0.29) is 18.6 Å². The molecule has 0 aliphatic heterocycles. The van der Waals surface area contributed by atoms with Crippen molar-refractivity contribution >= 4 is 24.5 Å². The zero-order chi connectivity index (χ0) is 21.5. The van der Waals surface area contributed by atoms with Gasteiger partial charge in [-0.1, -0.05) is 6.07 Å². The molecule has 0 heterocycles. The number of carbonyl (C=O) groups is 2. The summed E-state index contributed by atoms with van der Waals surface area (Å²) in [7, 11) is 2.48. The number of carbonyl (C=O) groups excluding carboxylic acids is 2. The quantitative estimate of drug-likeness (QED) is 0.533. The molecule has 0 unspecified atom stereocenters. The van der Waals surface area contributed by atoms with Crippen LogP contribution in [0.2, 0.25) is 0 Å². The Labute approximate surface area is 162 Å². The molecule has 1 aromatic rings. The van der Waals surface area contributed by atoms with Gasteiger partial charge in [0.05, 0.1) is 14.2 Å². The van der Waals surface area contributed by atoms with E-state index in [4.69, 9.17) is 9.47 Å². The number of aryl methyl sites for hydroxylation is 1. The van der Waals surface area contributed by atoms with E-state index in [0.717, 1.165) is 12.1 Å². The van der Waals surface area contributed by atoms with Gasteiger partial charge >= 0.3 is 19.0 Å². The molecule has 28 heavy (non-hydrogen) atoms. The molecule has 1 rings (SSSR count). The van der Waals surface area contributed by atoms with E-state index < -0.39 is 36.1 Å². The Bertz CT molecular complexity index is 689. The van der Waals surface area contributed by atoms with Crippen LogP contribution in [0.15, 0.2) is 18.2 Å². The summed E-state index contributed by atoms with van der Waals surface area (Å²) in [5, 5.41) is 2.43. The molecule has 0 saturated heterocycles. The third-order valence-corrected chi connectivity index (χ3v) is 3.74. The van der Waals surface area contributed by atoms with Gasteiger partial charge in [0.1, 0.15) is 17.4 Å². The minimum atomic E-state index is -5.16. The SMILES string of the molecule is COC(=O)[C@H](CCCc1cc(OC)cc([B-](F)(F)F)c1)NC(=O)OC(C)(C)C. The monoisotopic (exact) mass is 404 g/mol. The van der Waals surface area contributed by atoms with Crippen molar-refractivity contribution in [2.75, 3.05) is 14.2 Å². The zero-order valence-corrected chi connectivity index (χ0v) is 16.7. The van der Waals surface area contributed by atoms with E-state index in [9.17, 15) is 22.5 Å². The van der Waals surface area contributed by atoms with E-state index in [1.54, 1.807) is 20.8 Å². The number of esters is 1. The lowest BCUT2D eigenvalue weighted by atomic mass is 9.79. The molecule has 0 aromatic heterocycles. The fourth-order valence-electron chi connectivity index (χ4n) is 2.49. The standard InChI is InChI=1S/C18H26BF3NO5/c1-18(2,3)28-17(25)23-15(16(24)27-5)8-6-7-12-9-13(19(20,21)22)11-14(10-12)26-4/h9-11,15H,6-8H2,1-5H3,(H,23,25)/q-1/t15-/m0/s1. The maximum Gasteiger partial charge on any atom is 0.509 e. The van der Waals surface area contributed by atoms with Gasteiger partial charge in [-0.05, 0) is 57.7 Å². The smallest absolute Gasteiger partial charge is 0.497 e. The second kappa shape index (κ2) is 9.70. The Kier molecular flexibility index (Phi) is 8.20. The molecule has 1 amide bonds. The minimum Gasteiger partial charge on any atom is -0.497 e. The number of benzene rings is 1. The lowest BCUT2D eigenvalue weighted by Gasteiger charge is -2.22. The molecule has 0 aliphatic rings. The predicted octanol–water partition coefficient (Wildman–Crippen LogP) is 3.14. The number of ether oxygens (including phenoxy) is 3. The van der Waals surface area contributed by atoms with Crippen molar-refractivity contribution in [3.05, 3.63) is 23.8 Å². The van der Waals surface area contributed by atoms with Crippen molar-refractivity contribution in [2.24, 2.45) is 0 Å². The molecule has 0 spiro atoms. The lowest BCUT2D eigenvalue weighted by molar-refractivity contribution is -0.143. The normalized spacial score (nSPS) is 12.9. The molecule has 0 radical (unpaired) electrons. The first-order chi connectivity index (χ1) is 12.9. The van der Waals surface area contributed by atoms with Gasteiger partial charge in [0.15, 0.2) is 0 Å². The third-order valence-electron chi connectivity index (χ3n) is 3.74. The van der Waals surface area contributed by atoms with Gasteiger partial charge < -0.3 is 32.5 Å². The van der Waals surface area contributed by atoms with E-state index in [1.165, 1.54) is 20.3 Å². The second-order valence-electron chi connectivity index (χ2n) is 7.30. The van der Waals surface area contributed by atoms with Crippen LogP contribution >= 0.6 is 0 Å². The highest BCUT2D eigenvalue weighted by Crippen LogP contribution is 2.19. The molecule has 0 bridgehead atoms. The maximum atomic E-state index is 13.0. The first-order valence-electron chi connectivity index (χ1n) is 8.81. The molecule has 158 valence electrons. The van der Waals surface area contributed by atoms with E-state index in [2.05, 4.69) is 10.1 Å². The van der Waals surface area contributed by atoms with Crippen LogP contribution in [-0.4, -0.2) is 44.9 Å². The lowest BCUT2D eigenvalue weighted by Crippen LogP contribution is -2.44. The van der Waals surface area contributed by atoms with Gasteiger partial charge in [-0.3, -0.25) is 0 Å². The number of hydrogen-bond donors (Lipinski definition) is 1. The topological polar surface area (TPSA) is 73.9 Å². The molecular weight excluding hydrogens is 378 g/mol. The van der Waals surface area contributed by atoms with Crippen LogP contribution in [-0.2, 0) is 20.7 Å². The van der Waals surface area contributed by atoms with Crippen molar-refractivity contribution < 1.29 is 36.7 Å². The van der Waals surface area contributed by atoms with Gasteiger partial charge in [0, 0.05) is 0 Å². The third kappa shape index (κ3) is 8.10. The maximum absolute atomic E-state index is 13.0. The molecule has 0 saturated carbocycles. The van der Waals surface area contributed by atoms with Gasteiger partial charge in [0.2, 0.25) is 0 Å². The Morgan fingerprint density at radius 3 is 2.29 bits per heavy atom. The summed E-state index contributed by atoms with van der Waals surface area (Å²) in [6.07, 6.45) is 0.00835. The van der Waals surface area contributed by atoms with Crippen LogP contribution in [0.1, 0.15) is 39.2 Å². The summed E-state index contributed by atoms with van der Waals surface area (Å²) in [5.74, 6) is -0.543. The average molecular weight is 404 g/mol. The first kappa shape index (κ1) is 23.7. The van der Waals surface area contributed by atoms with Crippen molar-refractivity contribution in [3.63, 3.8) is 0 Å². The number of methoxy groups -OCH3 is 2. The van der Waals surface area contributed by atoms with Gasteiger partial charge in [-0.15, -0.1) is 5.46 Å². The molecule has 1 aromatic carbocycles. The van der Waals surface area contributed by atoms with E-state index >= 15 is 0 Å². The van der Waals surface area contributed by atoms with Crippen LogP contribution in [0.4, 0.5) is 17.7 Å². The van der Waals surface area contributed by atoms with Crippen molar-refractivity contribution in [1.82, 2.24) is 5.32 Å². The number of halogens is 3. The highest BCUT2D eigenvalue weighted by molar-refractivity contribution is 6.73. The zero-order valence-electron chi connectivity index (χ0n) is 16.7. The molecule has 1 N–H and O–H groups in total. The Hall–Kier alpha value is -2.39. The Morgan fingerprint density at radius 1 is 1.14 bits per heavy atom. The van der Waals surface area contributed by atoms with Gasteiger partial charge in [-0.2, -0.15) is 0 Å². The number of rotatable bonds is 8. The minimum absolute atomic E-state index is 0.114. The second-order valence-corrected chi connectivity index (χ2v) is 7.30. The molecule has 0 aliphatic carbocycles. The van der Waals surface area contributed by atoms with Gasteiger partial charge in [0.25, 0.3) is 0 Å². The molecule has 0 fully saturated rings. The number of hydrogen-bond acceptors (Lipinski definition) is 5. The number of nitrogens with one attached hydrogen (secondary N) is 1. The summed E-state index contributed by atoms with van der Waals surface area (Å²) in [5.41, 5.74) is -1.05. The van der Waals surface area contributed by atoms with E-state index in [0.29, 0.717) is 12.0 Å². The van der Waals surface area contributed by atoms with Gasteiger partial charge in [-0.25, -0.2) is 9.59 Å². The number of amides is 1. The largest absolute Gasteiger partial charge is 0.509 e. The molecule has 1 atom stereocenters. The van der Waals surface area contributed by atoms with Crippen molar-refractivity contribution in [1.29, 1.82) is 0 Å². The van der Waals surface area contributed by atoms with E-state index in [1.807, 2.05) is 0 Å². The number of alkyl carbamates (subject to hydrolysis) is 1. The van der Waals surface area contributed by atoms with Crippen LogP contribution < -0.4 is 15.5 Å². The summed E-state index contributed by atoms with van der Waals surface area (Å²) < 4.78 is 53.9. The van der Waals surface area contributed by atoms with Crippen LogP contribution in [0.25, 0.3) is 0 Å². The summed E-state index contributed by atoms with van der Waals surface area (Å²) >= 11 is 0. The van der Waals surface area contributed by atoms with Crippen LogP contribution in [0.3, 0.4) is 0 Å². The predicted molar refractivity (Wildman–Crippen MR) is 99.8 cm³/mol. The molecular formula is C18H26BF3NO5-. The highest BCUT2D eigenvalue weighted by atomic mass is 19.4. The van der Waals surface area contributed by atoms with Crippen molar-refractivity contribution in [2.45, 2.75) is 51.7 Å². The summed E-state index contributed by atoms with van der Waals surface area (Å²) in [6.45, 7) is -0.107. The highest BCUT2D eigenvalue weighted by Gasteiger charge is 2.27. The van der Waals surface area contributed by atoms with Crippen molar-refractivity contribution in [3.8, 4) is 5.75 Å². The summed E-state index contributed by atoms with van der Waals surface area (Å²) in [4.78, 5) is 23.8. The summed E-state index contributed by atoms with van der Waals surface area (Å²) in [6, 6.07) is 2.57. The molecule has 6 nitrogen and oxygen atoms in total. The first-order valence-corrected chi connectivity index (χ1v) is 8.81. The molecule has 10 heteroatoms. The van der Waals surface area contributed by atoms with Crippen LogP contribution in [0.5, 0.6) is 5.75 Å².